The van der Waals surface area contributed by atoms with Crippen molar-refractivity contribution in [1.82, 2.24) is 0 Å². The first-order chi connectivity index (χ1) is 11.3. The van der Waals surface area contributed by atoms with E-state index in [1.54, 1.807) is 7.11 Å². The van der Waals surface area contributed by atoms with Crippen LogP contribution in [0.15, 0.2) is 65.9 Å². The monoisotopic (exact) mass is 307 g/mol. The Kier molecular flexibility index (Phi) is 4.77. The molecule has 0 spiro atoms. The van der Waals surface area contributed by atoms with Crippen LogP contribution in [0.25, 0.3) is 0 Å². The van der Waals surface area contributed by atoms with Gasteiger partial charge in [-0.25, -0.2) is 0 Å². The molecule has 23 heavy (non-hydrogen) atoms. The Morgan fingerprint density at radius 1 is 1.04 bits per heavy atom. The molecular formula is C20H21NO2. The number of hydrogen-bond acceptors (Lipinski definition) is 3. The van der Waals surface area contributed by atoms with E-state index in [4.69, 9.17) is 4.74 Å². The molecule has 0 heterocycles. The van der Waals surface area contributed by atoms with Crippen LogP contribution in [-0.4, -0.2) is 12.9 Å². The van der Waals surface area contributed by atoms with Crippen LogP contribution in [0.5, 0.6) is 5.75 Å². The molecule has 3 heteroatoms. The second kappa shape index (κ2) is 7.14. The van der Waals surface area contributed by atoms with Crippen LogP contribution in [0.4, 0.5) is 5.69 Å². The summed E-state index contributed by atoms with van der Waals surface area (Å²) in [4.78, 5) is 12.4. The van der Waals surface area contributed by atoms with E-state index in [0.29, 0.717) is 12.8 Å². The highest BCUT2D eigenvalue weighted by atomic mass is 16.5. The molecule has 3 rings (SSSR count). The summed E-state index contributed by atoms with van der Waals surface area (Å²) in [6, 6.07) is 18.0. The highest BCUT2D eigenvalue weighted by Crippen LogP contribution is 2.27. The smallest absolute Gasteiger partial charge is 0.160 e. The van der Waals surface area contributed by atoms with Gasteiger partial charge in [-0.15, -0.1) is 0 Å². The van der Waals surface area contributed by atoms with Gasteiger partial charge in [-0.1, -0.05) is 36.4 Å². The molecule has 0 bridgehead atoms. The third kappa shape index (κ3) is 3.81. The number of methoxy groups -OCH3 is 1. The number of nitrogens with one attached hydrogen (secondary N) is 1. The lowest BCUT2D eigenvalue weighted by molar-refractivity contribution is -0.116. The second-order valence-corrected chi connectivity index (χ2v) is 5.75. The number of Topliss-reactive ketones (excluding diaryl/α,β-unsaturated/α-hetero) is 1. The first-order valence-electron chi connectivity index (χ1n) is 7.96. The number of ketones is 1. The number of hydrogen-bond donors (Lipinski definition) is 1. The quantitative estimate of drug-likeness (QED) is 0.892. The fraction of sp³-hybridized carbons (Fsp3) is 0.250. The van der Waals surface area contributed by atoms with E-state index in [0.717, 1.165) is 35.5 Å². The second-order valence-electron chi connectivity index (χ2n) is 5.75. The van der Waals surface area contributed by atoms with Crippen molar-refractivity contribution in [3.05, 3.63) is 71.4 Å². The van der Waals surface area contributed by atoms with Crippen molar-refractivity contribution in [2.75, 3.05) is 12.4 Å². The molecule has 2 aromatic rings. The number of anilines is 1. The lowest BCUT2D eigenvalue weighted by Gasteiger charge is -2.21. The van der Waals surface area contributed by atoms with Crippen LogP contribution in [0.2, 0.25) is 0 Å². The van der Waals surface area contributed by atoms with Crippen molar-refractivity contribution in [3.8, 4) is 5.75 Å². The minimum atomic E-state index is 0.255. The van der Waals surface area contributed by atoms with Crippen LogP contribution < -0.4 is 10.1 Å². The molecule has 2 aromatic carbocycles. The molecule has 0 saturated heterocycles. The molecule has 118 valence electrons. The molecule has 1 N–H and O–H groups in total. The summed E-state index contributed by atoms with van der Waals surface area (Å²) < 4.78 is 5.26. The highest BCUT2D eigenvalue weighted by Gasteiger charge is 2.21. The molecule has 3 nitrogen and oxygen atoms in total. The summed E-state index contributed by atoms with van der Waals surface area (Å²) in [6.45, 7) is 0. The van der Waals surface area contributed by atoms with E-state index >= 15 is 0 Å². The highest BCUT2D eigenvalue weighted by molar-refractivity contribution is 5.97. The molecule has 0 aliphatic heterocycles. The first kappa shape index (κ1) is 15.3. The molecule has 0 atom stereocenters. The van der Waals surface area contributed by atoms with E-state index in [1.165, 1.54) is 5.56 Å². The lowest BCUT2D eigenvalue weighted by atomic mass is 9.90. The van der Waals surface area contributed by atoms with E-state index in [-0.39, 0.29) is 5.78 Å². The van der Waals surface area contributed by atoms with Crippen LogP contribution in [-0.2, 0) is 11.2 Å². The van der Waals surface area contributed by atoms with Crippen LogP contribution >= 0.6 is 0 Å². The van der Waals surface area contributed by atoms with Gasteiger partial charge >= 0.3 is 0 Å². The summed E-state index contributed by atoms with van der Waals surface area (Å²) in [5.41, 5.74) is 4.07. The molecular weight excluding hydrogens is 286 g/mol. The first-order valence-corrected chi connectivity index (χ1v) is 7.96. The Hall–Kier alpha value is -2.55. The van der Waals surface area contributed by atoms with E-state index in [1.807, 2.05) is 42.5 Å². The SMILES string of the molecule is COc1cccc(NC2=C(Cc3ccccc3)C(=O)CCC2)c1. The Labute approximate surface area is 137 Å². The summed E-state index contributed by atoms with van der Waals surface area (Å²) in [6.07, 6.45) is 3.14. The van der Waals surface area contributed by atoms with Crippen LogP contribution in [0.3, 0.4) is 0 Å². The molecule has 0 saturated carbocycles. The summed E-state index contributed by atoms with van der Waals surface area (Å²) in [5, 5.41) is 3.44. The predicted molar refractivity (Wildman–Crippen MR) is 92.6 cm³/mol. The van der Waals surface area contributed by atoms with E-state index in [2.05, 4.69) is 17.4 Å². The van der Waals surface area contributed by atoms with Gasteiger partial charge in [0, 0.05) is 35.9 Å². The fourth-order valence-electron chi connectivity index (χ4n) is 2.91. The van der Waals surface area contributed by atoms with Gasteiger partial charge in [0.05, 0.1) is 7.11 Å². The summed E-state index contributed by atoms with van der Waals surface area (Å²) in [7, 11) is 1.66. The molecule has 0 fully saturated rings. The molecule has 0 unspecified atom stereocenters. The number of allylic oxidation sites excluding steroid dienone is 2. The van der Waals surface area contributed by atoms with E-state index in [9.17, 15) is 4.79 Å². The minimum absolute atomic E-state index is 0.255. The van der Waals surface area contributed by atoms with Gasteiger partial charge in [-0.2, -0.15) is 0 Å². The van der Waals surface area contributed by atoms with Crippen molar-refractivity contribution in [3.63, 3.8) is 0 Å². The van der Waals surface area contributed by atoms with Gasteiger partial charge in [0.25, 0.3) is 0 Å². The van der Waals surface area contributed by atoms with Crippen molar-refractivity contribution < 1.29 is 9.53 Å². The zero-order chi connectivity index (χ0) is 16.1. The average molecular weight is 307 g/mol. The van der Waals surface area contributed by atoms with Crippen LogP contribution in [0.1, 0.15) is 24.8 Å². The van der Waals surface area contributed by atoms with Gasteiger partial charge in [0.15, 0.2) is 5.78 Å². The number of benzene rings is 2. The molecule has 0 amide bonds. The third-order valence-electron chi connectivity index (χ3n) is 4.12. The van der Waals surface area contributed by atoms with Crippen molar-refractivity contribution >= 4 is 11.5 Å². The normalized spacial score (nSPS) is 14.7. The molecule has 0 aromatic heterocycles. The van der Waals surface area contributed by atoms with Gasteiger partial charge in [-0.3, -0.25) is 4.79 Å². The van der Waals surface area contributed by atoms with Gasteiger partial charge in [-0.05, 0) is 30.5 Å². The maximum absolute atomic E-state index is 12.4. The van der Waals surface area contributed by atoms with Gasteiger partial charge in [0.1, 0.15) is 5.75 Å². The number of rotatable bonds is 5. The Bertz CT molecular complexity index is 719. The van der Waals surface area contributed by atoms with Crippen molar-refractivity contribution in [2.45, 2.75) is 25.7 Å². The standard InChI is InChI=1S/C20H21NO2/c1-23-17-10-5-9-16(14-17)21-19-11-6-12-20(22)18(19)13-15-7-3-2-4-8-15/h2-5,7-10,14,21H,6,11-13H2,1H3. The van der Waals surface area contributed by atoms with Gasteiger partial charge in [0.2, 0.25) is 0 Å². The topological polar surface area (TPSA) is 38.3 Å². The predicted octanol–water partition coefficient (Wildman–Crippen LogP) is 4.36. The maximum atomic E-state index is 12.4. The largest absolute Gasteiger partial charge is 0.497 e. The summed E-state index contributed by atoms with van der Waals surface area (Å²) in [5.74, 6) is 1.06. The number of ether oxygens (including phenoxy) is 1. The zero-order valence-electron chi connectivity index (χ0n) is 13.3. The Morgan fingerprint density at radius 3 is 2.65 bits per heavy atom. The molecule has 1 aliphatic rings. The van der Waals surface area contributed by atoms with Crippen molar-refractivity contribution in [2.24, 2.45) is 0 Å². The molecule has 1 aliphatic carbocycles. The zero-order valence-corrected chi connectivity index (χ0v) is 13.3. The molecule has 0 radical (unpaired) electrons. The summed E-state index contributed by atoms with van der Waals surface area (Å²) >= 11 is 0. The Morgan fingerprint density at radius 2 is 1.87 bits per heavy atom. The Balaban J connectivity index is 1.88. The lowest BCUT2D eigenvalue weighted by Crippen LogP contribution is -2.18. The maximum Gasteiger partial charge on any atom is 0.160 e. The minimum Gasteiger partial charge on any atom is -0.497 e. The number of carbonyl (C=O) groups is 1. The average Bonchev–Trinajstić information content (AvgIpc) is 2.59. The number of carbonyl (C=O) groups excluding carboxylic acids is 1. The third-order valence-corrected chi connectivity index (χ3v) is 4.12. The van der Waals surface area contributed by atoms with Crippen LogP contribution in [0, 0.1) is 0 Å². The van der Waals surface area contributed by atoms with Crippen molar-refractivity contribution in [1.29, 1.82) is 0 Å². The van der Waals surface area contributed by atoms with E-state index < -0.39 is 0 Å². The van der Waals surface area contributed by atoms with Gasteiger partial charge < -0.3 is 10.1 Å². The fourth-order valence-corrected chi connectivity index (χ4v) is 2.91.